The first-order valence-corrected chi connectivity index (χ1v) is 10.00. The minimum atomic E-state index is 0.342. The molecule has 0 saturated heterocycles. The molecule has 1 aliphatic carbocycles. The molecule has 4 nitrogen and oxygen atoms in total. The van der Waals surface area contributed by atoms with E-state index in [1.165, 1.54) is 64.2 Å². The van der Waals surface area contributed by atoms with Gasteiger partial charge in [0, 0.05) is 6.20 Å². The molecule has 0 radical (unpaired) electrons. The van der Waals surface area contributed by atoms with Crippen molar-refractivity contribution < 1.29 is 4.74 Å². The minimum absolute atomic E-state index is 0.342. The zero-order valence-electron chi connectivity index (χ0n) is 15.5. The smallest absolute Gasteiger partial charge is 0.174 e. The van der Waals surface area contributed by atoms with Crippen LogP contribution in [0.15, 0.2) is 58.9 Å². The highest BCUT2D eigenvalue weighted by Gasteiger charge is 2.11. The number of rotatable bonds is 4. The molecule has 1 aromatic heterocycles. The summed E-state index contributed by atoms with van der Waals surface area (Å²) in [5.74, 6) is 1.55. The van der Waals surface area contributed by atoms with E-state index in [4.69, 9.17) is 4.74 Å². The van der Waals surface area contributed by atoms with Crippen molar-refractivity contribution in [3.05, 3.63) is 48.7 Å². The van der Waals surface area contributed by atoms with Crippen LogP contribution in [0.2, 0.25) is 0 Å². The molecule has 3 rings (SSSR count). The highest BCUT2D eigenvalue weighted by molar-refractivity contribution is 5.41. The van der Waals surface area contributed by atoms with Gasteiger partial charge in [-0.2, -0.15) is 0 Å². The number of azo groups is 1. The molecule has 0 spiro atoms. The summed E-state index contributed by atoms with van der Waals surface area (Å²) in [7, 11) is 0. The van der Waals surface area contributed by atoms with Crippen LogP contribution in [0, 0.1) is 0 Å². The summed E-state index contributed by atoms with van der Waals surface area (Å²) < 4.78 is 6.26. The first-order chi connectivity index (χ1) is 12.9. The summed E-state index contributed by atoms with van der Waals surface area (Å²) in [6, 6.07) is 13.5. The first-order valence-electron chi connectivity index (χ1n) is 10.00. The van der Waals surface area contributed by atoms with Gasteiger partial charge in [0.1, 0.15) is 5.75 Å². The van der Waals surface area contributed by atoms with Crippen LogP contribution in [0.3, 0.4) is 0 Å². The van der Waals surface area contributed by atoms with Gasteiger partial charge < -0.3 is 4.74 Å². The summed E-state index contributed by atoms with van der Waals surface area (Å²) in [6.07, 6.45) is 15.2. The zero-order valence-corrected chi connectivity index (χ0v) is 15.5. The molecule has 0 bridgehead atoms. The SMILES string of the molecule is c1ccc(N=Nc2ccc(OC3CCCCCCCCCC3)cc2)nc1. The predicted molar refractivity (Wildman–Crippen MR) is 105 cm³/mol. The van der Waals surface area contributed by atoms with Crippen LogP contribution in [0.4, 0.5) is 11.5 Å². The lowest BCUT2D eigenvalue weighted by Crippen LogP contribution is -2.16. The molecule has 1 fully saturated rings. The number of benzene rings is 1. The predicted octanol–water partition coefficient (Wildman–Crippen LogP) is 7.16. The molecule has 1 aromatic carbocycles. The molecule has 0 amide bonds. The quantitative estimate of drug-likeness (QED) is 0.549. The van der Waals surface area contributed by atoms with Crippen LogP contribution in [-0.2, 0) is 0 Å². The maximum Gasteiger partial charge on any atom is 0.174 e. The highest BCUT2D eigenvalue weighted by Crippen LogP contribution is 2.24. The fourth-order valence-electron chi connectivity index (χ4n) is 3.37. The molecular weight excluding hydrogens is 322 g/mol. The first kappa shape index (κ1) is 18.6. The van der Waals surface area contributed by atoms with E-state index in [0.29, 0.717) is 11.9 Å². The van der Waals surface area contributed by atoms with Crippen LogP contribution in [0.25, 0.3) is 0 Å². The fraction of sp³-hybridized carbons (Fsp3) is 0.500. The van der Waals surface area contributed by atoms with E-state index >= 15 is 0 Å². The lowest BCUT2D eigenvalue weighted by molar-refractivity contribution is 0.173. The van der Waals surface area contributed by atoms with Gasteiger partial charge in [0.25, 0.3) is 0 Å². The Morgan fingerprint density at radius 1 is 0.731 bits per heavy atom. The molecule has 1 aliphatic rings. The van der Waals surface area contributed by atoms with E-state index in [0.717, 1.165) is 11.4 Å². The Morgan fingerprint density at radius 2 is 1.38 bits per heavy atom. The molecule has 138 valence electrons. The highest BCUT2D eigenvalue weighted by atomic mass is 16.5. The van der Waals surface area contributed by atoms with Crippen LogP contribution >= 0.6 is 0 Å². The average molecular weight is 351 g/mol. The molecule has 2 aromatic rings. The van der Waals surface area contributed by atoms with Crippen molar-refractivity contribution in [1.29, 1.82) is 0 Å². The Balaban J connectivity index is 1.54. The summed E-state index contributed by atoms with van der Waals surface area (Å²) >= 11 is 0. The van der Waals surface area contributed by atoms with Gasteiger partial charge in [-0.15, -0.1) is 10.2 Å². The number of pyridine rings is 1. The van der Waals surface area contributed by atoms with E-state index in [1.807, 2.05) is 42.5 Å². The van der Waals surface area contributed by atoms with Crippen molar-refractivity contribution in [2.24, 2.45) is 10.2 Å². The summed E-state index contributed by atoms with van der Waals surface area (Å²) in [5.41, 5.74) is 0.811. The van der Waals surface area contributed by atoms with Crippen LogP contribution in [-0.4, -0.2) is 11.1 Å². The van der Waals surface area contributed by atoms with Gasteiger partial charge in [-0.25, -0.2) is 4.98 Å². The van der Waals surface area contributed by atoms with Crippen LogP contribution in [0.1, 0.15) is 64.2 Å². The number of ether oxygens (including phenoxy) is 1. The summed E-state index contributed by atoms with van der Waals surface area (Å²) in [4.78, 5) is 4.14. The molecule has 0 N–H and O–H groups in total. The minimum Gasteiger partial charge on any atom is -0.490 e. The number of aromatic nitrogens is 1. The molecule has 1 saturated carbocycles. The molecule has 4 heteroatoms. The van der Waals surface area contributed by atoms with Gasteiger partial charge in [0.05, 0.1) is 11.8 Å². The second-order valence-corrected chi connectivity index (χ2v) is 7.03. The second-order valence-electron chi connectivity index (χ2n) is 7.03. The van der Waals surface area contributed by atoms with Gasteiger partial charge in [-0.05, 0) is 62.1 Å². The van der Waals surface area contributed by atoms with Gasteiger partial charge in [-0.1, -0.05) is 44.6 Å². The molecule has 0 aliphatic heterocycles. The van der Waals surface area contributed by atoms with Crippen molar-refractivity contribution in [3.63, 3.8) is 0 Å². The normalized spacial score (nSPS) is 17.7. The van der Waals surface area contributed by atoms with Crippen molar-refractivity contribution in [3.8, 4) is 5.75 Å². The van der Waals surface area contributed by atoms with E-state index in [-0.39, 0.29) is 0 Å². The second kappa shape index (κ2) is 10.7. The van der Waals surface area contributed by atoms with Gasteiger partial charge in [0.15, 0.2) is 5.82 Å². The van der Waals surface area contributed by atoms with E-state index < -0.39 is 0 Å². The molecule has 0 unspecified atom stereocenters. The third-order valence-corrected chi connectivity index (χ3v) is 4.86. The fourth-order valence-corrected chi connectivity index (χ4v) is 3.37. The Kier molecular flexibility index (Phi) is 7.63. The topological polar surface area (TPSA) is 46.8 Å². The zero-order chi connectivity index (χ0) is 17.9. The average Bonchev–Trinajstić information content (AvgIpc) is 2.75. The Labute approximate surface area is 156 Å². The summed E-state index contributed by atoms with van der Waals surface area (Å²) in [6.45, 7) is 0. The molecular formula is C22H29N3O. The van der Waals surface area contributed by atoms with Crippen LogP contribution in [0.5, 0.6) is 5.75 Å². The third-order valence-electron chi connectivity index (χ3n) is 4.86. The monoisotopic (exact) mass is 351 g/mol. The van der Waals surface area contributed by atoms with Crippen molar-refractivity contribution >= 4 is 11.5 Å². The lowest BCUT2D eigenvalue weighted by Gasteiger charge is -2.19. The van der Waals surface area contributed by atoms with Gasteiger partial charge in [-0.3, -0.25) is 0 Å². The van der Waals surface area contributed by atoms with E-state index in [1.54, 1.807) is 6.20 Å². The molecule has 1 heterocycles. The van der Waals surface area contributed by atoms with E-state index in [9.17, 15) is 0 Å². The largest absolute Gasteiger partial charge is 0.490 e. The molecule has 26 heavy (non-hydrogen) atoms. The van der Waals surface area contributed by atoms with Crippen LogP contribution < -0.4 is 4.74 Å². The van der Waals surface area contributed by atoms with Crippen molar-refractivity contribution in [2.75, 3.05) is 0 Å². The number of hydrogen-bond acceptors (Lipinski definition) is 4. The van der Waals surface area contributed by atoms with Gasteiger partial charge >= 0.3 is 0 Å². The summed E-state index contributed by atoms with van der Waals surface area (Å²) in [5, 5.41) is 8.38. The lowest BCUT2D eigenvalue weighted by atomic mass is 10.1. The third kappa shape index (κ3) is 6.58. The number of nitrogens with zero attached hydrogens (tertiary/aromatic N) is 3. The van der Waals surface area contributed by atoms with E-state index in [2.05, 4.69) is 15.2 Å². The maximum atomic E-state index is 6.26. The van der Waals surface area contributed by atoms with Gasteiger partial charge in [0.2, 0.25) is 0 Å². The molecule has 0 atom stereocenters. The Morgan fingerprint density at radius 3 is 2.00 bits per heavy atom. The number of hydrogen-bond donors (Lipinski definition) is 0. The Bertz CT molecular complexity index is 643. The Hall–Kier alpha value is -2.23. The van der Waals surface area contributed by atoms with Crippen molar-refractivity contribution in [2.45, 2.75) is 70.3 Å². The van der Waals surface area contributed by atoms with Crippen molar-refractivity contribution in [1.82, 2.24) is 4.98 Å². The maximum absolute atomic E-state index is 6.26. The standard InChI is InChI=1S/C22H29N3O/c1-2-4-6-8-12-20(11-7-5-3-1)26-21-16-14-19(15-17-21)24-25-22-13-9-10-18-23-22/h9-10,13-18,20H,1-8,11-12H2.